The Hall–Kier alpha value is -1.96. The van der Waals surface area contributed by atoms with Crippen molar-refractivity contribution in [3.63, 3.8) is 0 Å². The third kappa shape index (κ3) is 4.28. The van der Waals surface area contributed by atoms with Gasteiger partial charge in [-0.2, -0.15) is 8.42 Å². The maximum Gasteiger partial charge on any atom is 0.333 e. The van der Waals surface area contributed by atoms with E-state index in [0.29, 0.717) is 11.1 Å². The van der Waals surface area contributed by atoms with Gasteiger partial charge < -0.3 is 0 Å². The first-order valence-electron chi connectivity index (χ1n) is 6.05. The highest BCUT2D eigenvalue weighted by Crippen LogP contribution is 2.27. The summed E-state index contributed by atoms with van der Waals surface area (Å²) in [6, 6.07) is 7.69. The van der Waals surface area contributed by atoms with Gasteiger partial charge in [-0.1, -0.05) is 41.4 Å². The fraction of sp³-hybridized carbons (Fsp3) is 0. The fourth-order valence-corrected chi connectivity index (χ4v) is 2.99. The molecule has 2 aromatic rings. The van der Waals surface area contributed by atoms with Gasteiger partial charge in [0.15, 0.2) is 0 Å². The molecular weight excluding hydrogens is 368 g/mol. The van der Waals surface area contributed by atoms with Crippen LogP contribution in [0.1, 0.15) is 11.1 Å². The molecule has 0 aromatic heterocycles. The molecule has 0 unspecified atom stereocenters. The summed E-state index contributed by atoms with van der Waals surface area (Å²) < 4.78 is 34.6. The van der Waals surface area contributed by atoms with Crippen LogP contribution in [-0.2, 0) is 10.2 Å². The lowest BCUT2D eigenvalue weighted by Crippen LogP contribution is -1.93. The molecule has 120 valence electrons. The lowest BCUT2D eigenvalue weighted by atomic mass is 10.1. The van der Waals surface area contributed by atoms with Crippen LogP contribution in [0, 0.1) is 10.1 Å². The number of halogens is 3. The van der Waals surface area contributed by atoms with Crippen LogP contribution < -0.4 is 0 Å². The molecule has 0 saturated heterocycles. The molecule has 9 heteroatoms. The average Bonchev–Trinajstić information content (AvgIpc) is 2.44. The van der Waals surface area contributed by atoms with Crippen molar-refractivity contribution < 1.29 is 17.2 Å². The van der Waals surface area contributed by atoms with E-state index in [2.05, 4.69) is 0 Å². The maximum absolute atomic E-state index is 12.9. The average molecular weight is 376 g/mol. The van der Waals surface area contributed by atoms with Crippen LogP contribution in [0.25, 0.3) is 12.2 Å². The van der Waals surface area contributed by atoms with Crippen molar-refractivity contribution in [2.45, 2.75) is 4.90 Å². The van der Waals surface area contributed by atoms with E-state index in [9.17, 15) is 22.4 Å². The van der Waals surface area contributed by atoms with Gasteiger partial charge in [0.1, 0.15) is 4.90 Å². The SMILES string of the molecule is O=[N+]([O-])c1ccc(/C=C/c2ccc(S(=O)(=O)F)c(Cl)c2)c(Cl)c1. The summed E-state index contributed by atoms with van der Waals surface area (Å²) in [7, 11) is -4.88. The van der Waals surface area contributed by atoms with Crippen molar-refractivity contribution in [3.8, 4) is 0 Å². The lowest BCUT2D eigenvalue weighted by Gasteiger charge is -2.01. The fourth-order valence-electron chi connectivity index (χ4n) is 1.77. The maximum atomic E-state index is 12.9. The summed E-state index contributed by atoms with van der Waals surface area (Å²) in [5.74, 6) is 0. The second-order valence-corrected chi connectivity index (χ2v) is 6.55. The molecular formula is C14H8Cl2FNO4S. The zero-order valence-electron chi connectivity index (χ0n) is 11.2. The minimum atomic E-state index is -4.88. The van der Waals surface area contributed by atoms with Gasteiger partial charge in [0.05, 0.1) is 15.0 Å². The van der Waals surface area contributed by atoms with Gasteiger partial charge in [0.25, 0.3) is 5.69 Å². The van der Waals surface area contributed by atoms with Crippen molar-refractivity contribution in [1.82, 2.24) is 0 Å². The van der Waals surface area contributed by atoms with Gasteiger partial charge in [0, 0.05) is 12.1 Å². The Morgan fingerprint density at radius 1 is 1.04 bits per heavy atom. The van der Waals surface area contributed by atoms with Crippen molar-refractivity contribution >= 4 is 51.3 Å². The molecule has 2 aromatic carbocycles. The molecule has 23 heavy (non-hydrogen) atoms. The molecule has 0 aliphatic rings. The summed E-state index contributed by atoms with van der Waals surface area (Å²) in [5, 5.41) is 10.6. The Balaban J connectivity index is 2.31. The normalized spacial score (nSPS) is 11.8. The summed E-state index contributed by atoms with van der Waals surface area (Å²) in [6.07, 6.45) is 3.13. The van der Waals surface area contributed by atoms with Crippen LogP contribution in [0.3, 0.4) is 0 Å². The van der Waals surface area contributed by atoms with Gasteiger partial charge in [0.2, 0.25) is 0 Å². The van der Waals surface area contributed by atoms with Crippen molar-refractivity contribution in [2.24, 2.45) is 0 Å². The Morgan fingerprint density at radius 2 is 1.74 bits per heavy atom. The zero-order chi connectivity index (χ0) is 17.2. The van der Waals surface area contributed by atoms with Crippen molar-refractivity contribution in [3.05, 3.63) is 67.7 Å². The first-order chi connectivity index (χ1) is 10.7. The summed E-state index contributed by atoms with van der Waals surface area (Å²) in [5.41, 5.74) is 0.903. The van der Waals surface area contributed by atoms with Crippen LogP contribution in [-0.4, -0.2) is 13.3 Å². The van der Waals surface area contributed by atoms with E-state index in [4.69, 9.17) is 23.2 Å². The van der Waals surface area contributed by atoms with Crippen LogP contribution in [0.15, 0.2) is 41.3 Å². The highest BCUT2D eigenvalue weighted by molar-refractivity contribution is 7.86. The standard InChI is InChI=1S/C14H8Cl2FNO4S/c15-12-8-11(18(19)20)5-4-10(12)3-1-9-2-6-14(13(16)7-9)23(17,21)22/h1-8H/b3-1+. The second-order valence-electron chi connectivity index (χ2n) is 4.42. The van der Waals surface area contributed by atoms with Crippen LogP contribution in [0.5, 0.6) is 0 Å². The molecule has 0 spiro atoms. The predicted octanol–water partition coefficient (Wildman–Crippen LogP) is 4.73. The molecule has 0 aliphatic carbocycles. The van der Waals surface area contributed by atoms with Gasteiger partial charge in [-0.25, -0.2) is 0 Å². The largest absolute Gasteiger partial charge is 0.333 e. The van der Waals surface area contributed by atoms with E-state index < -0.39 is 20.0 Å². The quantitative estimate of drug-likeness (QED) is 0.335. The smallest absolute Gasteiger partial charge is 0.258 e. The molecule has 0 aliphatic heterocycles. The van der Waals surface area contributed by atoms with E-state index in [1.54, 1.807) is 12.2 Å². The number of benzene rings is 2. The minimum Gasteiger partial charge on any atom is -0.258 e. The van der Waals surface area contributed by atoms with E-state index in [0.717, 1.165) is 6.07 Å². The highest BCUT2D eigenvalue weighted by atomic mass is 35.5. The minimum absolute atomic E-state index is 0.132. The number of hydrogen-bond acceptors (Lipinski definition) is 4. The predicted molar refractivity (Wildman–Crippen MR) is 86.8 cm³/mol. The molecule has 0 N–H and O–H groups in total. The first kappa shape index (κ1) is 17.4. The Kier molecular flexibility index (Phi) is 5.03. The molecule has 0 saturated carbocycles. The number of nitro benzene ring substituents is 1. The summed E-state index contributed by atoms with van der Waals surface area (Å²) >= 11 is 11.7. The topological polar surface area (TPSA) is 77.3 Å². The lowest BCUT2D eigenvalue weighted by molar-refractivity contribution is -0.384. The van der Waals surface area contributed by atoms with Gasteiger partial charge in [-0.15, -0.1) is 3.89 Å². The van der Waals surface area contributed by atoms with E-state index in [1.165, 1.54) is 30.3 Å². The van der Waals surface area contributed by atoms with E-state index in [1.807, 2.05) is 0 Å². The highest BCUT2D eigenvalue weighted by Gasteiger charge is 2.16. The number of nitrogens with zero attached hydrogens (tertiary/aromatic N) is 1. The third-order valence-electron chi connectivity index (χ3n) is 2.87. The van der Waals surface area contributed by atoms with Crippen molar-refractivity contribution in [1.29, 1.82) is 0 Å². The Labute approximate surface area is 141 Å². The molecule has 0 amide bonds. The molecule has 0 atom stereocenters. The van der Waals surface area contributed by atoms with Gasteiger partial charge in [-0.05, 0) is 29.3 Å². The number of nitro groups is 1. The molecule has 5 nitrogen and oxygen atoms in total. The van der Waals surface area contributed by atoms with Crippen LogP contribution in [0.2, 0.25) is 10.0 Å². The van der Waals surface area contributed by atoms with Crippen molar-refractivity contribution in [2.75, 3.05) is 0 Å². The second kappa shape index (κ2) is 6.66. The molecule has 0 bridgehead atoms. The first-order valence-corrected chi connectivity index (χ1v) is 8.18. The monoisotopic (exact) mass is 375 g/mol. The van der Waals surface area contributed by atoms with Crippen LogP contribution >= 0.6 is 23.2 Å². The zero-order valence-corrected chi connectivity index (χ0v) is 13.6. The molecule has 0 heterocycles. The number of non-ortho nitro benzene ring substituents is 1. The molecule has 0 fully saturated rings. The number of rotatable bonds is 4. The van der Waals surface area contributed by atoms with E-state index >= 15 is 0 Å². The van der Waals surface area contributed by atoms with Gasteiger partial charge >= 0.3 is 10.2 Å². The summed E-state index contributed by atoms with van der Waals surface area (Å²) in [6.45, 7) is 0. The third-order valence-corrected chi connectivity index (χ3v) is 4.50. The molecule has 0 radical (unpaired) electrons. The molecule has 2 rings (SSSR count). The summed E-state index contributed by atoms with van der Waals surface area (Å²) in [4.78, 5) is 9.46. The Morgan fingerprint density at radius 3 is 2.26 bits per heavy atom. The van der Waals surface area contributed by atoms with Gasteiger partial charge in [-0.3, -0.25) is 10.1 Å². The van der Waals surface area contributed by atoms with Crippen LogP contribution in [0.4, 0.5) is 9.57 Å². The Bertz CT molecular complexity index is 913. The van der Waals surface area contributed by atoms with E-state index in [-0.39, 0.29) is 15.7 Å². The number of hydrogen-bond donors (Lipinski definition) is 0.